The van der Waals surface area contributed by atoms with E-state index in [0.29, 0.717) is 12.1 Å². The van der Waals surface area contributed by atoms with Crippen LogP contribution in [0.5, 0.6) is 0 Å². The van der Waals surface area contributed by atoms with Gasteiger partial charge in [-0.1, -0.05) is 25.8 Å². The van der Waals surface area contributed by atoms with Crippen molar-refractivity contribution in [3.63, 3.8) is 0 Å². The lowest BCUT2D eigenvalue weighted by molar-refractivity contribution is 0.0747. The molecular formula is C15H29NO. The normalized spacial score (nSPS) is 21.6. The third kappa shape index (κ3) is 6.23. The molecule has 1 saturated heterocycles. The molecule has 2 atom stereocenters. The SMILES string of the molecule is C=CCCCCCC(NCCC)C1CCCO1. The number of hydrogen-bond acceptors (Lipinski definition) is 2. The van der Waals surface area contributed by atoms with Gasteiger partial charge >= 0.3 is 0 Å². The van der Waals surface area contributed by atoms with E-state index in [0.717, 1.165) is 19.6 Å². The highest BCUT2D eigenvalue weighted by Crippen LogP contribution is 2.19. The molecule has 1 N–H and O–H groups in total. The molecule has 2 nitrogen and oxygen atoms in total. The third-order valence-electron chi connectivity index (χ3n) is 3.49. The van der Waals surface area contributed by atoms with Gasteiger partial charge in [0.15, 0.2) is 0 Å². The number of nitrogens with one attached hydrogen (secondary N) is 1. The van der Waals surface area contributed by atoms with Crippen LogP contribution < -0.4 is 5.32 Å². The van der Waals surface area contributed by atoms with Crippen molar-refractivity contribution in [2.45, 2.75) is 70.4 Å². The molecule has 0 radical (unpaired) electrons. The van der Waals surface area contributed by atoms with E-state index in [1.54, 1.807) is 0 Å². The Balaban J connectivity index is 2.17. The molecule has 1 fully saturated rings. The molecule has 0 amide bonds. The average Bonchev–Trinajstić information content (AvgIpc) is 2.86. The van der Waals surface area contributed by atoms with Crippen LogP contribution >= 0.6 is 0 Å². The van der Waals surface area contributed by atoms with E-state index in [1.165, 1.54) is 44.9 Å². The van der Waals surface area contributed by atoms with Crippen LogP contribution in [0.1, 0.15) is 58.3 Å². The summed E-state index contributed by atoms with van der Waals surface area (Å²) in [6.45, 7) is 8.08. The molecule has 0 bridgehead atoms. The topological polar surface area (TPSA) is 21.3 Å². The highest BCUT2D eigenvalue weighted by Gasteiger charge is 2.24. The highest BCUT2D eigenvalue weighted by atomic mass is 16.5. The Morgan fingerprint density at radius 1 is 1.41 bits per heavy atom. The van der Waals surface area contributed by atoms with Crippen LogP contribution in [0.4, 0.5) is 0 Å². The van der Waals surface area contributed by atoms with E-state index in [9.17, 15) is 0 Å². The maximum absolute atomic E-state index is 5.81. The van der Waals surface area contributed by atoms with E-state index in [1.807, 2.05) is 6.08 Å². The van der Waals surface area contributed by atoms with Crippen LogP contribution in [0.25, 0.3) is 0 Å². The molecule has 0 spiro atoms. The molecule has 0 saturated carbocycles. The lowest BCUT2D eigenvalue weighted by atomic mass is 10.0. The van der Waals surface area contributed by atoms with E-state index in [-0.39, 0.29) is 0 Å². The van der Waals surface area contributed by atoms with E-state index < -0.39 is 0 Å². The predicted octanol–water partition coefficient (Wildman–Crippen LogP) is 3.67. The second kappa shape index (κ2) is 9.67. The molecule has 1 aliphatic rings. The maximum Gasteiger partial charge on any atom is 0.0728 e. The maximum atomic E-state index is 5.81. The Hall–Kier alpha value is -0.340. The molecule has 17 heavy (non-hydrogen) atoms. The fourth-order valence-electron chi connectivity index (χ4n) is 2.50. The van der Waals surface area contributed by atoms with Gasteiger partial charge in [-0.15, -0.1) is 6.58 Å². The Morgan fingerprint density at radius 3 is 2.94 bits per heavy atom. The lowest BCUT2D eigenvalue weighted by Crippen LogP contribution is -2.39. The minimum absolute atomic E-state index is 0.473. The van der Waals surface area contributed by atoms with Gasteiger partial charge in [0.2, 0.25) is 0 Å². The molecule has 1 aliphatic heterocycles. The summed E-state index contributed by atoms with van der Waals surface area (Å²) >= 11 is 0. The van der Waals surface area contributed by atoms with Gasteiger partial charge in [0.1, 0.15) is 0 Å². The second-order valence-electron chi connectivity index (χ2n) is 5.04. The number of ether oxygens (including phenoxy) is 1. The second-order valence-corrected chi connectivity index (χ2v) is 5.04. The first-order valence-corrected chi connectivity index (χ1v) is 7.34. The molecule has 0 aromatic rings. The molecule has 0 aliphatic carbocycles. The fraction of sp³-hybridized carbons (Fsp3) is 0.867. The zero-order chi connectivity index (χ0) is 12.3. The van der Waals surface area contributed by atoms with E-state index in [2.05, 4.69) is 18.8 Å². The number of unbranched alkanes of at least 4 members (excludes halogenated alkanes) is 3. The van der Waals surface area contributed by atoms with Gasteiger partial charge in [0, 0.05) is 12.6 Å². The molecule has 0 aromatic heterocycles. The monoisotopic (exact) mass is 239 g/mol. The van der Waals surface area contributed by atoms with Crippen LogP contribution in [-0.2, 0) is 4.74 Å². The van der Waals surface area contributed by atoms with E-state index >= 15 is 0 Å². The first kappa shape index (κ1) is 14.7. The lowest BCUT2D eigenvalue weighted by Gasteiger charge is -2.24. The number of hydrogen-bond donors (Lipinski definition) is 1. The smallest absolute Gasteiger partial charge is 0.0728 e. The number of allylic oxidation sites excluding steroid dienone is 1. The van der Waals surface area contributed by atoms with Gasteiger partial charge < -0.3 is 10.1 Å². The van der Waals surface area contributed by atoms with Crippen LogP contribution in [0, 0.1) is 0 Å². The Kier molecular flexibility index (Phi) is 8.37. The molecule has 100 valence electrons. The van der Waals surface area contributed by atoms with Crippen LogP contribution in [0.2, 0.25) is 0 Å². The van der Waals surface area contributed by atoms with Crippen molar-refractivity contribution in [3.05, 3.63) is 12.7 Å². The summed E-state index contributed by atoms with van der Waals surface area (Å²) in [6.07, 6.45) is 12.5. The van der Waals surface area contributed by atoms with Crippen molar-refractivity contribution in [1.29, 1.82) is 0 Å². The largest absolute Gasteiger partial charge is 0.377 e. The number of rotatable bonds is 10. The van der Waals surface area contributed by atoms with Crippen molar-refractivity contribution in [3.8, 4) is 0 Å². The highest BCUT2D eigenvalue weighted by molar-refractivity contribution is 4.80. The standard InChI is InChI=1S/C15H29NO/c1-3-5-6-7-8-10-14(16-12-4-2)15-11-9-13-17-15/h3,14-16H,1,4-13H2,2H3. The van der Waals surface area contributed by atoms with Crippen molar-refractivity contribution < 1.29 is 4.74 Å². The molecule has 1 rings (SSSR count). The minimum Gasteiger partial charge on any atom is -0.377 e. The van der Waals surface area contributed by atoms with Gasteiger partial charge in [0.05, 0.1) is 6.10 Å². The molecule has 1 heterocycles. The van der Waals surface area contributed by atoms with Crippen molar-refractivity contribution in [1.82, 2.24) is 5.32 Å². The van der Waals surface area contributed by atoms with Gasteiger partial charge in [-0.2, -0.15) is 0 Å². The zero-order valence-corrected chi connectivity index (χ0v) is 11.4. The van der Waals surface area contributed by atoms with E-state index in [4.69, 9.17) is 4.74 Å². The van der Waals surface area contributed by atoms with Crippen molar-refractivity contribution >= 4 is 0 Å². The summed E-state index contributed by atoms with van der Waals surface area (Å²) in [5.41, 5.74) is 0. The van der Waals surface area contributed by atoms with Gasteiger partial charge in [0.25, 0.3) is 0 Å². The molecule has 2 unspecified atom stereocenters. The predicted molar refractivity (Wildman–Crippen MR) is 74.3 cm³/mol. The van der Waals surface area contributed by atoms with Crippen LogP contribution in [-0.4, -0.2) is 25.3 Å². The molecule has 2 heteroatoms. The van der Waals surface area contributed by atoms with Crippen LogP contribution in [0.15, 0.2) is 12.7 Å². The average molecular weight is 239 g/mol. The van der Waals surface area contributed by atoms with Crippen LogP contribution in [0.3, 0.4) is 0 Å². The Morgan fingerprint density at radius 2 is 2.29 bits per heavy atom. The third-order valence-corrected chi connectivity index (χ3v) is 3.49. The molecular weight excluding hydrogens is 210 g/mol. The Bertz CT molecular complexity index is 187. The minimum atomic E-state index is 0.473. The van der Waals surface area contributed by atoms with Gasteiger partial charge in [-0.05, 0) is 45.1 Å². The van der Waals surface area contributed by atoms with Gasteiger partial charge in [-0.3, -0.25) is 0 Å². The summed E-state index contributed by atoms with van der Waals surface area (Å²) in [7, 11) is 0. The zero-order valence-electron chi connectivity index (χ0n) is 11.4. The van der Waals surface area contributed by atoms with Gasteiger partial charge in [-0.25, -0.2) is 0 Å². The van der Waals surface area contributed by atoms with Crippen molar-refractivity contribution in [2.24, 2.45) is 0 Å². The summed E-state index contributed by atoms with van der Waals surface area (Å²) < 4.78 is 5.81. The molecule has 0 aromatic carbocycles. The summed E-state index contributed by atoms with van der Waals surface area (Å²) in [5.74, 6) is 0. The summed E-state index contributed by atoms with van der Waals surface area (Å²) in [5, 5.41) is 3.66. The Labute approximate surface area is 107 Å². The summed E-state index contributed by atoms with van der Waals surface area (Å²) in [6, 6.07) is 0.584. The quantitative estimate of drug-likeness (QED) is 0.464. The van der Waals surface area contributed by atoms with Crippen molar-refractivity contribution in [2.75, 3.05) is 13.2 Å². The summed E-state index contributed by atoms with van der Waals surface area (Å²) in [4.78, 5) is 0. The first-order valence-electron chi connectivity index (χ1n) is 7.34. The first-order chi connectivity index (χ1) is 8.38. The fourth-order valence-corrected chi connectivity index (χ4v) is 2.50.